The molecule has 0 fully saturated rings. The van der Waals surface area contributed by atoms with Gasteiger partial charge in [0.15, 0.2) is 12.9 Å². The number of anilines is 2. The molecule has 0 saturated carbocycles. The molecule has 0 aromatic heterocycles. The average Bonchev–Trinajstić information content (AvgIpc) is 2.76. The number of carbonyl (C=O) groups excluding carboxylic acids is 3. The molecule has 3 aromatic rings. The Morgan fingerprint density at radius 1 is 1.03 bits per heavy atom. The second kappa shape index (κ2) is 7.99. The molecular formula is C24H22N2O4. The number of hydrogen-bond donors (Lipinski definition) is 0. The molecule has 3 aromatic carbocycles. The normalized spacial score (nSPS) is 15.6. The molecule has 0 aliphatic carbocycles. The van der Waals surface area contributed by atoms with Crippen molar-refractivity contribution in [1.29, 1.82) is 0 Å². The first kappa shape index (κ1) is 19.6. The van der Waals surface area contributed by atoms with Crippen molar-refractivity contribution in [2.24, 2.45) is 0 Å². The molecule has 1 heterocycles. The van der Waals surface area contributed by atoms with Crippen molar-refractivity contribution in [2.75, 3.05) is 23.0 Å². The summed E-state index contributed by atoms with van der Waals surface area (Å²) in [5, 5.41) is 1.72. The Kier molecular flexibility index (Phi) is 5.23. The van der Waals surface area contributed by atoms with Crippen LogP contribution in [0.5, 0.6) is 5.75 Å². The molecule has 2 amide bonds. The molecule has 0 spiro atoms. The maximum absolute atomic E-state index is 13.0. The van der Waals surface area contributed by atoms with Crippen molar-refractivity contribution in [2.45, 2.75) is 19.9 Å². The Balaban J connectivity index is 1.59. The number of para-hydroxylation sites is 2. The smallest absolute Gasteiger partial charge is 0.265 e. The zero-order chi connectivity index (χ0) is 21.3. The summed E-state index contributed by atoms with van der Waals surface area (Å²) >= 11 is 0. The van der Waals surface area contributed by atoms with Gasteiger partial charge in [0.25, 0.3) is 5.91 Å². The standard InChI is InChI=1S/C24H22N2O4/c1-16-13-25(21-9-5-6-10-22(21)26(16)17(2)28)24(29)15-30-23-12-11-18-7-3-4-8-19(18)20(23)14-27/h3-12,14,16H,13,15H2,1-2H3/t16-/m0/s1. The summed E-state index contributed by atoms with van der Waals surface area (Å²) in [7, 11) is 0. The Hall–Kier alpha value is -3.67. The van der Waals surface area contributed by atoms with Crippen molar-refractivity contribution < 1.29 is 19.1 Å². The molecule has 6 nitrogen and oxygen atoms in total. The van der Waals surface area contributed by atoms with Crippen molar-refractivity contribution >= 4 is 40.2 Å². The summed E-state index contributed by atoms with van der Waals surface area (Å²) in [5.74, 6) is 0.0772. The van der Waals surface area contributed by atoms with Gasteiger partial charge in [0.1, 0.15) is 5.75 Å². The van der Waals surface area contributed by atoms with Crippen LogP contribution in [0.4, 0.5) is 11.4 Å². The van der Waals surface area contributed by atoms with Gasteiger partial charge in [-0.1, -0.05) is 42.5 Å². The topological polar surface area (TPSA) is 66.9 Å². The van der Waals surface area contributed by atoms with Gasteiger partial charge in [-0.05, 0) is 35.9 Å². The molecule has 30 heavy (non-hydrogen) atoms. The second-order valence-electron chi connectivity index (χ2n) is 7.34. The highest BCUT2D eigenvalue weighted by molar-refractivity contribution is 6.05. The minimum absolute atomic E-state index is 0.0647. The van der Waals surface area contributed by atoms with E-state index in [1.54, 1.807) is 15.9 Å². The van der Waals surface area contributed by atoms with E-state index in [9.17, 15) is 14.4 Å². The van der Waals surface area contributed by atoms with Crippen LogP contribution in [0.1, 0.15) is 24.2 Å². The predicted octanol–water partition coefficient (Wildman–Crippen LogP) is 3.82. The molecule has 1 aliphatic rings. The first-order chi connectivity index (χ1) is 14.5. The first-order valence-corrected chi connectivity index (χ1v) is 9.80. The zero-order valence-corrected chi connectivity index (χ0v) is 16.9. The molecule has 1 aliphatic heterocycles. The number of hydrogen-bond acceptors (Lipinski definition) is 4. The van der Waals surface area contributed by atoms with E-state index in [0.29, 0.717) is 29.2 Å². The lowest BCUT2D eigenvalue weighted by molar-refractivity contribution is -0.121. The lowest BCUT2D eigenvalue weighted by Crippen LogP contribution is -2.52. The van der Waals surface area contributed by atoms with Gasteiger partial charge in [-0.3, -0.25) is 14.4 Å². The van der Waals surface area contributed by atoms with Crippen LogP contribution in [0.25, 0.3) is 10.8 Å². The van der Waals surface area contributed by atoms with Crippen molar-refractivity contribution in [3.05, 3.63) is 66.2 Å². The highest BCUT2D eigenvalue weighted by Gasteiger charge is 2.33. The van der Waals surface area contributed by atoms with E-state index < -0.39 is 0 Å². The summed E-state index contributed by atoms with van der Waals surface area (Å²) in [6.07, 6.45) is 0.755. The van der Waals surface area contributed by atoms with Gasteiger partial charge in [-0.2, -0.15) is 0 Å². The fourth-order valence-corrected chi connectivity index (χ4v) is 4.03. The maximum atomic E-state index is 13.0. The molecule has 152 valence electrons. The number of aldehydes is 1. The van der Waals surface area contributed by atoms with Crippen LogP contribution in [0, 0.1) is 0 Å². The fourth-order valence-electron chi connectivity index (χ4n) is 4.03. The van der Waals surface area contributed by atoms with Crippen molar-refractivity contribution in [3.63, 3.8) is 0 Å². The van der Waals surface area contributed by atoms with Crippen LogP contribution in [0.3, 0.4) is 0 Å². The largest absolute Gasteiger partial charge is 0.483 e. The monoisotopic (exact) mass is 402 g/mol. The highest BCUT2D eigenvalue weighted by Crippen LogP contribution is 2.35. The quantitative estimate of drug-likeness (QED) is 0.622. The third-order valence-electron chi connectivity index (χ3n) is 5.36. The number of ether oxygens (including phenoxy) is 1. The fraction of sp³-hybridized carbons (Fsp3) is 0.208. The molecule has 0 unspecified atom stereocenters. The van der Waals surface area contributed by atoms with Crippen LogP contribution in [0.2, 0.25) is 0 Å². The molecule has 4 rings (SSSR count). The van der Waals surface area contributed by atoms with E-state index in [1.165, 1.54) is 6.92 Å². The van der Waals surface area contributed by atoms with Crippen LogP contribution in [-0.2, 0) is 9.59 Å². The molecule has 1 atom stereocenters. The maximum Gasteiger partial charge on any atom is 0.265 e. The molecule has 0 saturated heterocycles. The van der Waals surface area contributed by atoms with Crippen molar-refractivity contribution in [3.8, 4) is 5.75 Å². The lowest BCUT2D eigenvalue weighted by Gasteiger charge is -2.40. The first-order valence-electron chi connectivity index (χ1n) is 9.80. The number of rotatable bonds is 4. The van der Waals surface area contributed by atoms with E-state index in [1.807, 2.05) is 61.5 Å². The van der Waals surface area contributed by atoms with Gasteiger partial charge >= 0.3 is 0 Å². The van der Waals surface area contributed by atoms with Gasteiger partial charge < -0.3 is 14.5 Å². The number of carbonyl (C=O) groups is 3. The third-order valence-corrected chi connectivity index (χ3v) is 5.36. The third kappa shape index (κ3) is 3.41. The number of benzene rings is 3. The number of amides is 2. The van der Waals surface area contributed by atoms with Gasteiger partial charge in [0.05, 0.1) is 23.0 Å². The van der Waals surface area contributed by atoms with Gasteiger partial charge in [0, 0.05) is 13.5 Å². The summed E-state index contributed by atoms with van der Waals surface area (Å²) in [5.41, 5.74) is 1.81. The number of fused-ring (bicyclic) bond motifs is 2. The Bertz CT molecular complexity index is 1140. The summed E-state index contributed by atoms with van der Waals surface area (Å²) in [4.78, 5) is 40.2. The minimum atomic E-state index is -0.234. The van der Waals surface area contributed by atoms with E-state index >= 15 is 0 Å². The van der Waals surface area contributed by atoms with E-state index in [4.69, 9.17) is 4.74 Å². The van der Waals surface area contributed by atoms with Crippen LogP contribution < -0.4 is 14.5 Å². The molecule has 6 heteroatoms. The molecular weight excluding hydrogens is 380 g/mol. The van der Waals surface area contributed by atoms with Crippen LogP contribution in [-0.4, -0.2) is 37.3 Å². The highest BCUT2D eigenvalue weighted by atomic mass is 16.5. The lowest BCUT2D eigenvalue weighted by atomic mass is 10.0. The number of nitrogens with zero attached hydrogens (tertiary/aromatic N) is 2. The van der Waals surface area contributed by atoms with Crippen molar-refractivity contribution in [1.82, 2.24) is 0 Å². The average molecular weight is 402 g/mol. The molecule has 0 radical (unpaired) electrons. The van der Waals surface area contributed by atoms with E-state index in [2.05, 4.69) is 0 Å². The van der Waals surface area contributed by atoms with Crippen LogP contribution in [0.15, 0.2) is 60.7 Å². The summed E-state index contributed by atoms with van der Waals surface area (Å²) in [6, 6.07) is 18.3. The van der Waals surface area contributed by atoms with E-state index in [-0.39, 0.29) is 24.5 Å². The molecule has 0 N–H and O–H groups in total. The Morgan fingerprint density at radius 2 is 1.73 bits per heavy atom. The minimum Gasteiger partial charge on any atom is -0.483 e. The second-order valence-corrected chi connectivity index (χ2v) is 7.34. The van der Waals surface area contributed by atoms with Gasteiger partial charge in [-0.25, -0.2) is 0 Å². The summed E-state index contributed by atoms with van der Waals surface area (Å²) < 4.78 is 5.77. The van der Waals surface area contributed by atoms with Gasteiger partial charge in [-0.15, -0.1) is 0 Å². The SMILES string of the molecule is CC(=O)N1c2ccccc2N(C(=O)COc2ccc3ccccc3c2C=O)C[C@@H]1C. The van der Waals surface area contributed by atoms with Gasteiger partial charge in [0.2, 0.25) is 5.91 Å². The molecule has 0 bridgehead atoms. The predicted molar refractivity (Wildman–Crippen MR) is 116 cm³/mol. The Morgan fingerprint density at radius 3 is 2.47 bits per heavy atom. The van der Waals surface area contributed by atoms with E-state index in [0.717, 1.165) is 17.1 Å². The van der Waals surface area contributed by atoms with Crippen LogP contribution >= 0.6 is 0 Å². The zero-order valence-electron chi connectivity index (χ0n) is 16.9. The summed E-state index contributed by atoms with van der Waals surface area (Å²) in [6.45, 7) is 3.60. The Labute approximate surface area is 174 Å².